The van der Waals surface area contributed by atoms with Crippen LogP contribution >= 0.6 is 12.4 Å². The van der Waals surface area contributed by atoms with E-state index in [0.29, 0.717) is 16.8 Å². The first kappa shape index (κ1) is 17.4. The van der Waals surface area contributed by atoms with Crippen LogP contribution in [0.4, 0.5) is 0 Å². The molecule has 2 N–H and O–H groups in total. The number of carbonyl (C=O) groups is 1. The Morgan fingerprint density at radius 1 is 1.43 bits per heavy atom. The number of aromatic nitrogens is 2. The summed E-state index contributed by atoms with van der Waals surface area (Å²) in [5.41, 5.74) is 0.468. The SMILES string of the molecule is CC1CNCCC1NC(=O)Cn1cnc2ccccc2c1=O.Cl. The van der Waals surface area contributed by atoms with Crippen molar-refractivity contribution in [2.24, 2.45) is 5.92 Å². The Morgan fingerprint density at radius 3 is 3.00 bits per heavy atom. The highest BCUT2D eigenvalue weighted by Crippen LogP contribution is 2.10. The first-order valence-electron chi connectivity index (χ1n) is 7.59. The summed E-state index contributed by atoms with van der Waals surface area (Å²) >= 11 is 0. The minimum Gasteiger partial charge on any atom is -0.351 e. The van der Waals surface area contributed by atoms with Crippen LogP contribution < -0.4 is 16.2 Å². The molecule has 0 aliphatic carbocycles. The molecule has 2 heterocycles. The highest BCUT2D eigenvalue weighted by molar-refractivity contribution is 5.85. The van der Waals surface area contributed by atoms with Gasteiger partial charge in [-0.25, -0.2) is 4.98 Å². The zero-order chi connectivity index (χ0) is 15.5. The van der Waals surface area contributed by atoms with E-state index in [1.807, 2.05) is 6.07 Å². The first-order chi connectivity index (χ1) is 10.6. The standard InChI is InChI=1S/C16H20N4O2.ClH/c1-11-8-17-7-6-13(11)19-15(21)9-20-10-18-14-5-3-2-4-12(14)16(20)22;/h2-5,10-11,13,17H,6-9H2,1H3,(H,19,21);1H. The van der Waals surface area contributed by atoms with E-state index in [4.69, 9.17) is 0 Å². The third kappa shape index (κ3) is 3.89. The van der Waals surface area contributed by atoms with E-state index in [9.17, 15) is 9.59 Å². The highest BCUT2D eigenvalue weighted by Gasteiger charge is 2.22. The molecule has 2 aromatic rings. The summed E-state index contributed by atoms with van der Waals surface area (Å²) in [6.07, 6.45) is 2.36. The normalized spacial score (nSPS) is 20.7. The summed E-state index contributed by atoms with van der Waals surface area (Å²) < 4.78 is 1.36. The maximum atomic E-state index is 12.4. The van der Waals surface area contributed by atoms with Gasteiger partial charge in [-0.3, -0.25) is 14.2 Å². The molecule has 0 bridgehead atoms. The van der Waals surface area contributed by atoms with Crippen LogP contribution in [-0.2, 0) is 11.3 Å². The molecule has 0 saturated carbocycles. The predicted octanol–water partition coefficient (Wildman–Crippen LogP) is 0.932. The number of hydrogen-bond donors (Lipinski definition) is 2. The summed E-state index contributed by atoms with van der Waals surface area (Å²) in [6.45, 7) is 3.93. The molecule has 2 atom stereocenters. The lowest BCUT2D eigenvalue weighted by Gasteiger charge is -2.30. The van der Waals surface area contributed by atoms with E-state index in [-0.39, 0.29) is 36.5 Å². The summed E-state index contributed by atoms with van der Waals surface area (Å²) in [5, 5.41) is 6.86. The van der Waals surface area contributed by atoms with Gasteiger partial charge in [0.2, 0.25) is 5.91 Å². The molecule has 7 heteroatoms. The lowest BCUT2D eigenvalue weighted by atomic mass is 9.95. The Labute approximate surface area is 140 Å². The van der Waals surface area contributed by atoms with E-state index in [2.05, 4.69) is 22.5 Å². The molecule has 1 saturated heterocycles. The lowest BCUT2D eigenvalue weighted by molar-refractivity contribution is -0.122. The Balaban J connectivity index is 0.00000192. The van der Waals surface area contributed by atoms with Gasteiger partial charge in [0.1, 0.15) is 6.54 Å². The molecule has 0 spiro atoms. The van der Waals surface area contributed by atoms with Crippen LogP contribution in [0.15, 0.2) is 35.4 Å². The van der Waals surface area contributed by atoms with Crippen molar-refractivity contribution in [2.45, 2.75) is 25.9 Å². The zero-order valence-electron chi connectivity index (χ0n) is 13.0. The number of benzene rings is 1. The predicted molar refractivity (Wildman–Crippen MR) is 91.8 cm³/mol. The Morgan fingerprint density at radius 2 is 2.22 bits per heavy atom. The van der Waals surface area contributed by atoms with Gasteiger partial charge < -0.3 is 10.6 Å². The van der Waals surface area contributed by atoms with Gasteiger partial charge in [0, 0.05) is 6.04 Å². The van der Waals surface area contributed by atoms with Crippen LogP contribution in [0, 0.1) is 5.92 Å². The molecule has 2 unspecified atom stereocenters. The topological polar surface area (TPSA) is 76.0 Å². The molecular formula is C16H21ClN4O2. The van der Waals surface area contributed by atoms with Crippen molar-refractivity contribution in [2.75, 3.05) is 13.1 Å². The number of piperidine rings is 1. The quantitative estimate of drug-likeness (QED) is 0.874. The highest BCUT2D eigenvalue weighted by atomic mass is 35.5. The van der Waals surface area contributed by atoms with Crippen LogP contribution in [0.25, 0.3) is 10.9 Å². The fraction of sp³-hybridized carbons (Fsp3) is 0.438. The molecule has 124 valence electrons. The Kier molecular flexibility index (Phi) is 5.74. The van der Waals surface area contributed by atoms with E-state index in [0.717, 1.165) is 19.5 Å². The molecule has 23 heavy (non-hydrogen) atoms. The fourth-order valence-corrected chi connectivity index (χ4v) is 2.85. The number of nitrogens with zero attached hydrogens (tertiary/aromatic N) is 2. The number of para-hydroxylation sites is 1. The van der Waals surface area contributed by atoms with E-state index in [1.54, 1.807) is 18.2 Å². The number of nitrogens with one attached hydrogen (secondary N) is 2. The molecule has 1 amide bonds. The average molecular weight is 337 g/mol. The van der Waals surface area contributed by atoms with Crippen LogP contribution in [0.1, 0.15) is 13.3 Å². The maximum Gasteiger partial charge on any atom is 0.261 e. The number of rotatable bonds is 3. The van der Waals surface area contributed by atoms with Crippen molar-refractivity contribution < 1.29 is 4.79 Å². The number of hydrogen-bond acceptors (Lipinski definition) is 4. The second-order valence-corrected chi connectivity index (χ2v) is 5.84. The zero-order valence-corrected chi connectivity index (χ0v) is 13.8. The van der Waals surface area contributed by atoms with Crippen LogP contribution in [-0.4, -0.2) is 34.6 Å². The minimum atomic E-state index is -0.181. The van der Waals surface area contributed by atoms with Gasteiger partial charge in [-0.05, 0) is 37.6 Å². The first-order valence-corrected chi connectivity index (χ1v) is 7.59. The smallest absolute Gasteiger partial charge is 0.261 e. The van der Waals surface area contributed by atoms with Crippen molar-refractivity contribution >= 4 is 29.2 Å². The molecule has 0 radical (unpaired) electrons. The van der Waals surface area contributed by atoms with Crippen molar-refractivity contribution in [1.82, 2.24) is 20.2 Å². The molecule has 1 aromatic heterocycles. The van der Waals surface area contributed by atoms with Gasteiger partial charge in [0.15, 0.2) is 0 Å². The molecule has 6 nitrogen and oxygen atoms in total. The van der Waals surface area contributed by atoms with E-state index < -0.39 is 0 Å². The average Bonchev–Trinajstić information content (AvgIpc) is 2.53. The molecule has 1 aliphatic heterocycles. The largest absolute Gasteiger partial charge is 0.351 e. The van der Waals surface area contributed by atoms with Gasteiger partial charge in [-0.15, -0.1) is 12.4 Å². The van der Waals surface area contributed by atoms with E-state index >= 15 is 0 Å². The summed E-state index contributed by atoms with van der Waals surface area (Å²) in [5.74, 6) is 0.252. The van der Waals surface area contributed by atoms with E-state index in [1.165, 1.54) is 10.9 Å². The Bertz CT molecular complexity index is 746. The number of carbonyl (C=O) groups excluding carboxylic acids is 1. The van der Waals surface area contributed by atoms with Crippen molar-refractivity contribution in [3.63, 3.8) is 0 Å². The third-order valence-electron chi connectivity index (χ3n) is 4.18. The minimum absolute atomic E-state index is 0. The van der Waals surface area contributed by atoms with Crippen molar-refractivity contribution in [3.8, 4) is 0 Å². The van der Waals surface area contributed by atoms with Gasteiger partial charge in [-0.2, -0.15) is 0 Å². The fourth-order valence-electron chi connectivity index (χ4n) is 2.85. The molecule has 1 aliphatic rings. The van der Waals surface area contributed by atoms with Crippen LogP contribution in [0.2, 0.25) is 0 Å². The number of halogens is 1. The number of amides is 1. The summed E-state index contributed by atoms with van der Waals surface area (Å²) in [4.78, 5) is 28.8. The van der Waals surface area contributed by atoms with Gasteiger partial charge in [0.25, 0.3) is 5.56 Å². The second-order valence-electron chi connectivity index (χ2n) is 5.84. The number of fused-ring (bicyclic) bond motifs is 1. The van der Waals surface area contributed by atoms with Crippen LogP contribution in [0.5, 0.6) is 0 Å². The molecular weight excluding hydrogens is 316 g/mol. The van der Waals surface area contributed by atoms with Crippen molar-refractivity contribution in [3.05, 3.63) is 40.9 Å². The summed E-state index contributed by atoms with van der Waals surface area (Å²) in [6, 6.07) is 7.32. The molecule has 1 aromatic carbocycles. The second kappa shape index (κ2) is 7.57. The van der Waals surface area contributed by atoms with Gasteiger partial charge >= 0.3 is 0 Å². The lowest BCUT2D eigenvalue weighted by Crippen LogP contribution is -2.49. The summed E-state index contributed by atoms with van der Waals surface area (Å²) in [7, 11) is 0. The Hall–Kier alpha value is -1.92. The maximum absolute atomic E-state index is 12.4. The van der Waals surface area contributed by atoms with Crippen molar-refractivity contribution in [1.29, 1.82) is 0 Å². The van der Waals surface area contributed by atoms with Gasteiger partial charge in [0.05, 0.1) is 17.2 Å². The van der Waals surface area contributed by atoms with Crippen LogP contribution in [0.3, 0.4) is 0 Å². The monoisotopic (exact) mass is 336 g/mol. The van der Waals surface area contributed by atoms with Gasteiger partial charge in [-0.1, -0.05) is 19.1 Å². The molecule has 3 rings (SSSR count). The third-order valence-corrected chi connectivity index (χ3v) is 4.18. The molecule has 1 fully saturated rings.